The fourth-order valence-electron chi connectivity index (χ4n) is 3.81. The van der Waals surface area contributed by atoms with Crippen LogP contribution in [0.25, 0.3) is 5.69 Å². The Morgan fingerprint density at radius 2 is 1.62 bits per heavy atom. The predicted molar refractivity (Wildman–Crippen MR) is 143 cm³/mol. The van der Waals surface area contributed by atoms with E-state index < -0.39 is 38.5 Å². The number of nitrogens with zero attached hydrogens (tertiary/aromatic N) is 3. The number of alkyl halides is 3. The molecule has 12 heteroatoms. The molecule has 1 N–H and O–H groups in total. The second kappa shape index (κ2) is 11.6. The normalized spacial score (nSPS) is 12.7. The number of carbonyl (C=O) groups excluding carboxylic acids is 1. The summed E-state index contributed by atoms with van der Waals surface area (Å²) in [6.45, 7) is 3.58. The number of carbonyl (C=O) groups is 1. The van der Waals surface area contributed by atoms with Gasteiger partial charge in [-0.1, -0.05) is 66.7 Å². The fraction of sp³-hybridized carbons (Fsp3) is 0.222. The molecule has 0 saturated carbocycles. The first-order valence-electron chi connectivity index (χ1n) is 11.9. The van der Waals surface area contributed by atoms with E-state index in [1.165, 1.54) is 30.3 Å². The number of hydrogen-bond donors (Lipinski definition) is 1. The van der Waals surface area contributed by atoms with Crippen LogP contribution in [-0.4, -0.2) is 34.3 Å². The van der Waals surface area contributed by atoms with Crippen molar-refractivity contribution in [3.8, 4) is 5.69 Å². The van der Waals surface area contributed by atoms with Crippen LogP contribution in [0.1, 0.15) is 30.3 Å². The van der Waals surface area contributed by atoms with Gasteiger partial charge in [0.1, 0.15) is 5.75 Å². The molecule has 0 aliphatic heterocycles. The molecule has 1 unspecified atom stereocenters. The van der Waals surface area contributed by atoms with E-state index in [1.54, 1.807) is 54.0 Å². The summed E-state index contributed by atoms with van der Waals surface area (Å²) in [5, 5.41) is 10.1. The summed E-state index contributed by atoms with van der Waals surface area (Å²) in [5.41, 5.74) is 0.205. The van der Waals surface area contributed by atoms with Crippen LogP contribution in [0.4, 0.5) is 18.9 Å². The summed E-state index contributed by atoms with van der Waals surface area (Å²) in [6, 6.07) is 20.0. The Morgan fingerprint density at radius 3 is 2.26 bits per heavy atom. The van der Waals surface area contributed by atoms with Crippen molar-refractivity contribution in [3.63, 3.8) is 0 Å². The van der Waals surface area contributed by atoms with E-state index >= 15 is 0 Å². The van der Waals surface area contributed by atoms with Gasteiger partial charge in [0, 0.05) is 5.69 Å². The Balaban J connectivity index is 1.65. The van der Waals surface area contributed by atoms with Crippen LogP contribution < -0.4 is 5.32 Å². The summed E-state index contributed by atoms with van der Waals surface area (Å²) in [7, 11) is -3.78. The molecule has 39 heavy (non-hydrogen) atoms. The van der Waals surface area contributed by atoms with Crippen molar-refractivity contribution in [2.24, 2.45) is 0 Å². The van der Waals surface area contributed by atoms with Gasteiger partial charge in [-0.3, -0.25) is 9.36 Å². The van der Waals surface area contributed by atoms with E-state index in [-0.39, 0.29) is 28.0 Å². The van der Waals surface area contributed by atoms with Crippen LogP contribution in [0.15, 0.2) is 88.9 Å². The van der Waals surface area contributed by atoms with Crippen LogP contribution >= 0.6 is 11.8 Å². The van der Waals surface area contributed by atoms with Crippen molar-refractivity contribution < 1.29 is 26.4 Å². The van der Waals surface area contributed by atoms with Gasteiger partial charge in [-0.05, 0) is 49.7 Å². The number of para-hydroxylation sites is 2. The largest absolute Gasteiger partial charge is 0.418 e. The van der Waals surface area contributed by atoms with Crippen LogP contribution in [-0.2, 0) is 26.6 Å². The van der Waals surface area contributed by atoms with Crippen molar-refractivity contribution in [2.45, 2.75) is 47.5 Å². The molecule has 1 heterocycles. The minimum absolute atomic E-state index is 0.138. The smallest absolute Gasteiger partial charge is 0.325 e. The lowest BCUT2D eigenvalue weighted by molar-refractivity contribution is -0.137. The Labute approximate surface area is 228 Å². The molecule has 4 aromatic rings. The predicted octanol–water partition coefficient (Wildman–Crippen LogP) is 6.08. The minimum Gasteiger partial charge on any atom is -0.325 e. The van der Waals surface area contributed by atoms with Crippen LogP contribution in [0.2, 0.25) is 0 Å². The third-order valence-corrected chi connectivity index (χ3v) is 8.75. The van der Waals surface area contributed by atoms with E-state index in [9.17, 15) is 26.4 Å². The van der Waals surface area contributed by atoms with Crippen molar-refractivity contribution in [1.29, 1.82) is 0 Å². The van der Waals surface area contributed by atoms with Crippen LogP contribution in [0.3, 0.4) is 0 Å². The summed E-state index contributed by atoms with van der Waals surface area (Å²) in [5.74, 6) is -0.946. The van der Waals surface area contributed by atoms with Crippen molar-refractivity contribution in [1.82, 2.24) is 14.8 Å². The van der Waals surface area contributed by atoms with Crippen molar-refractivity contribution in [3.05, 3.63) is 95.8 Å². The standard InChI is InChI=1S/C27H25F3N4O3S2/c1-3-23(25(35)31-22-12-8-7-11-21(22)27(28,29)30)38-26-33-32-24(34(26)19-9-5-4-6-10-19)17-39(36,37)20-15-13-18(2)14-16-20/h4-16,23H,3,17H2,1-2H3,(H,31,35). The van der Waals surface area contributed by atoms with Crippen LogP contribution in [0, 0.1) is 6.92 Å². The van der Waals surface area contributed by atoms with Crippen molar-refractivity contribution in [2.75, 3.05) is 5.32 Å². The number of amides is 1. The molecule has 0 aliphatic rings. The Morgan fingerprint density at radius 1 is 0.974 bits per heavy atom. The first-order valence-corrected chi connectivity index (χ1v) is 14.5. The topological polar surface area (TPSA) is 93.9 Å². The molecular weight excluding hydrogens is 549 g/mol. The highest BCUT2D eigenvalue weighted by Crippen LogP contribution is 2.35. The fourth-order valence-corrected chi connectivity index (χ4v) is 6.04. The minimum atomic E-state index is -4.63. The number of aryl methyl sites for hydroxylation is 1. The Kier molecular flexibility index (Phi) is 8.45. The quantitative estimate of drug-likeness (QED) is 0.244. The lowest BCUT2D eigenvalue weighted by Crippen LogP contribution is -2.26. The number of halogens is 3. The van der Waals surface area contributed by atoms with Gasteiger partial charge in [0.05, 0.1) is 21.4 Å². The number of thioether (sulfide) groups is 1. The highest BCUT2D eigenvalue weighted by Gasteiger charge is 2.34. The third kappa shape index (κ3) is 6.69. The number of anilines is 1. The van der Waals surface area contributed by atoms with Gasteiger partial charge in [-0.2, -0.15) is 13.2 Å². The SMILES string of the molecule is CCC(Sc1nnc(CS(=O)(=O)c2ccc(C)cc2)n1-c1ccccc1)C(=O)Nc1ccccc1C(F)(F)F. The summed E-state index contributed by atoms with van der Waals surface area (Å²) >= 11 is 0.997. The van der Waals surface area contributed by atoms with Gasteiger partial charge in [0.2, 0.25) is 5.91 Å². The van der Waals surface area contributed by atoms with E-state index in [0.29, 0.717) is 5.69 Å². The zero-order valence-corrected chi connectivity index (χ0v) is 22.6. The average Bonchev–Trinajstić information content (AvgIpc) is 3.28. The summed E-state index contributed by atoms with van der Waals surface area (Å²) < 4.78 is 68.1. The van der Waals surface area contributed by atoms with E-state index in [0.717, 1.165) is 23.4 Å². The molecule has 0 fully saturated rings. The number of benzene rings is 3. The van der Waals surface area contributed by atoms with Crippen LogP contribution in [0.5, 0.6) is 0 Å². The lowest BCUT2D eigenvalue weighted by atomic mass is 10.1. The van der Waals surface area contributed by atoms with Gasteiger partial charge in [-0.15, -0.1) is 10.2 Å². The summed E-state index contributed by atoms with van der Waals surface area (Å²) in [6.07, 6.45) is -4.37. The molecule has 0 spiro atoms. The molecule has 0 bridgehead atoms. The zero-order valence-electron chi connectivity index (χ0n) is 21.0. The molecule has 7 nitrogen and oxygen atoms in total. The van der Waals surface area contributed by atoms with Crippen molar-refractivity contribution >= 4 is 33.2 Å². The monoisotopic (exact) mass is 574 g/mol. The lowest BCUT2D eigenvalue weighted by Gasteiger charge is -2.18. The average molecular weight is 575 g/mol. The second-order valence-corrected chi connectivity index (χ2v) is 11.8. The van der Waals surface area contributed by atoms with Gasteiger partial charge in [-0.25, -0.2) is 8.42 Å². The Hall–Kier alpha value is -3.64. The van der Waals surface area contributed by atoms with E-state index in [2.05, 4.69) is 15.5 Å². The van der Waals surface area contributed by atoms with Gasteiger partial charge in [0.25, 0.3) is 0 Å². The molecule has 1 atom stereocenters. The number of aromatic nitrogens is 3. The molecule has 4 rings (SSSR count). The number of rotatable bonds is 9. The first-order chi connectivity index (χ1) is 18.5. The molecule has 1 amide bonds. The maximum absolute atomic E-state index is 13.4. The first kappa shape index (κ1) is 28.4. The molecule has 204 valence electrons. The third-order valence-electron chi connectivity index (χ3n) is 5.82. The molecule has 3 aromatic carbocycles. The molecule has 0 saturated heterocycles. The summed E-state index contributed by atoms with van der Waals surface area (Å²) in [4.78, 5) is 13.2. The molecule has 1 aromatic heterocycles. The van der Waals surface area contributed by atoms with Gasteiger partial charge < -0.3 is 5.32 Å². The van der Waals surface area contributed by atoms with E-state index in [1.807, 2.05) is 6.92 Å². The van der Waals surface area contributed by atoms with E-state index in [4.69, 9.17) is 0 Å². The van der Waals surface area contributed by atoms with Gasteiger partial charge in [0.15, 0.2) is 20.8 Å². The molecule has 0 radical (unpaired) electrons. The second-order valence-electron chi connectivity index (χ2n) is 8.69. The van der Waals surface area contributed by atoms with Gasteiger partial charge >= 0.3 is 6.18 Å². The zero-order chi connectivity index (χ0) is 28.2. The maximum Gasteiger partial charge on any atom is 0.418 e. The highest BCUT2D eigenvalue weighted by molar-refractivity contribution is 8.00. The number of hydrogen-bond acceptors (Lipinski definition) is 6. The molecular formula is C27H25F3N4O3S2. The number of sulfone groups is 1. The Bertz CT molecular complexity index is 1560. The number of nitrogens with one attached hydrogen (secondary N) is 1. The molecule has 0 aliphatic carbocycles. The highest BCUT2D eigenvalue weighted by atomic mass is 32.2. The maximum atomic E-state index is 13.4.